The van der Waals surface area contributed by atoms with Gasteiger partial charge in [-0.05, 0) is 50.7 Å². The number of carbonyl (C=O) groups excluding carboxylic acids is 1. The quantitative estimate of drug-likeness (QED) is 0.745. The van der Waals surface area contributed by atoms with Crippen LogP contribution >= 0.6 is 0 Å². The third kappa shape index (κ3) is 7.82. The normalized spacial score (nSPS) is 19.5. The summed E-state index contributed by atoms with van der Waals surface area (Å²) >= 11 is 0. The minimum atomic E-state index is 0.281. The Morgan fingerprint density at radius 3 is 2.29 bits per heavy atom. The lowest BCUT2D eigenvalue weighted by Gasteiger charge is -2.31. The number of likely N-dealkylation sites (N-methyl/N-ethyl adjacent to an activating group) is 1. The summed E-state index contributed by atoms with van der Waals surface area (Å²) in [6.45, 7) is 14.3. The number of rotatable bonds is 8. The van der Waals surface area contributed by atoms with Gasteiger partial charge in [-0.2, -0.15) is 0 Å². The third-order valence-corrected chi connectivity index (χ3v) is 3.90. The molecule has 4 heteroatoms. The Morgan fingerprint density at radius 1 is 1.19 bits per heavy atom. The van der Waals surface area contributed by atoms with Gasteiger partial charge >= 0.3 is 0 Å². The number of hydrogen-bond acceptors (Lipinski definition) is 3. The Morgan fingerprint density at radius 2 is 1.81 bits per heavy atom. The Labute approximate surface area is 131 Å². The lowest BCUT2D eigenvalue weighted by atomic mass is 9.99. The molecule has 1 atom stereocenters. The van der Waals surface area contributed by atoms with E-state index in [0.717, 1.165) is 32.7 Å². The summed E-state index contributed by atoms with van der Waals surface area (Å²) in [5, 5.41) is 3.45. The van der Waals surface area contributed by atoms with Gasteiger partial charge in [0.1, 0.15) is 0 Å². The second kappa shape index (κ2) is 9.42. The van der Waals surface area contributed by atoms with Crippen LogP contribution in [0.4, 0.5) is 0 Å². The van der Waals surface area contributed by atoms with Crippen molar-refractivity contribution in [3.63, 3.8) is 0 Å². The van der Waals surface area contributed by atoms with Gasteiger partial charge in [0, 0.05) is 19.6 Å². The second-order valence-electron chi connectivity index (χ2n) is 7.50. The number of amides is 1. The van der Waals surface area contributed by atoms with Crippen LogP contribution in [0.5, 0.6) is 0 Å². The van der Waals surface area contributed by atoms with Crippen LogP contribution in [-0.4, -0.2) is 62.0 Å². The van der Waals surface area contributed by atoms with E-state index >= 15 is 0 Å². The topological polar surface area (TPSA) is 35.6 Å². The van der Waals surface area contributed by atoms with E-state index in [0.29, 0.717) is 24.3 Å². The summed E-state index contributed by atoms with van der Waals surface area (Å²) in [6, 6.07) is 0. The number of nitrogens with zero attached hydrogens (tertiary/aromatic N) is 2. The molecule has 0 aromatic carbocycles. The minimum absolute atomic E-state index is 0.281. The Balaban J connectivity index is 2.42. The van der Waals surface area contributed by atoms with E-state index in [-0.39, 0.29) is 5.91 Å². The zero-order valence-corrected chi connectivity index (χ0v) is 14.7. The molecule has 1 heterocycles. The Kier molecular flexibility index (Phi) is 8.27. The Hall–Kier alpha value is -0.610. The highest BCUT2D eigenvalue weighted by molar-refractivity contribution is 5.78. The van der Waals surface area contributed by atoms with Crippen LogP contribution in [0.15, 0.2) is 0 Å². The van der Waals surface area contributed by atoms with Gasteiger partial charge in [-0.1, -0.05) is 27.7 Å². The molecular weight excluding hydrogens is 262 g/mol. The second-order valence-corrected chi connectivity index (χ2v) is 7.50. The van der Waals surface area contributed by atoms with Gasteiger partial charge in [0.25, 0.3) is 0 Å². The molecule has 0 saturated carbocycles. The van der Waals surface area contributed by atoms with Crippen LogP contribution < -0.4 is 5.32 Å². The SMILES string of the molecule is CC(C)CN(CC(C)C)C(=O)CN(C)CC1CCCNC1. The molecule has 1 aliphatic rings. The largest absolute Gasteiger partial charge is 0.341 e. The lowest BCUT2D eigenvalue weighted by Crippen LogP contribution is -2.44. The van der Waals surface area contributed by atoms with Crippen LogP contribution in [0.2, 0.25) is 0 Å². The van der Waals surface area contributed by atoms with Crippen LogP contribution in [-0.2, 0) is 4.79 Å². The molecule has 0 bridgehead atoms. The minimum Gasteiger partial charge on any atom is -0.341 e. The summed E-state index contributed by atoms with van der Waals surface area (Å²) in [5.41, 5.74) is 0. The maximum absolute atomic E-state index is 12.5. The van der Waals surface area contributed by atoms with Crippen LogP contribution in [0.3, 0.4) is 0 Å². The molecule has 0 aliphatic carbocycles. The molecular formula is C17H35N3O. The average molecular weight is 297 g/mol. The molecule has 1 aliphatic heterocycles. The third-order valence-electron chi connectivity index (χ3n) is 3.90. The van der Waals surface area contributed by atoms with Crippen molar-refractivity contribution in [1.29, 1.82) is 0 Å². The molecule has 1 rings (SSSR count). The van der Waals surface area contributed by atoms with Crippen LogP contribution in [0.25, 0.3) is 0 Å². The van der Waals surface area contributed by atoms with Gasteiger partial charge in [-0.15, -0.1) is 0 Å². The molecule has 0 aromatic heterocycles. The maximum atomic E-state index is 12.5. The van der Waals surface area contributed by atoms with E-state index in [9.17, 15) is 4.79 Å². The first-order valence-corrected chi connectivity index (χ1v) is 8.55. The number of hydrogen-bond donors (Lipinski definition) is 1. The fraction of sp³-hybridized carbons (Fsp3) is 0.941. The van der Waals surface area contributed by atoms with E-state index in [1.807, 2.05) is 4.90 Å². The van der Waals surface area contributed by atoms with Crippen molar-refractivity contribution in [3.05, 3.63) is 0 Å². The fourth-order valence-corrected chi connectivity index (χ4v) is 3.08. The lowest BCUT2D eigenvalue weighted by molar-refractivity contribution is -0.133. The molecule has 21 heavy (non-hydrogen) atoms. The fourth-order valence-electron chi connectivity index (χ4n) is 3.08. The summed E-state index contributed by atoms with van der Waals surface area (Å²) < 4.78 is 0. The van der Waals surface area contributed by atoms with Crippen molar-refractivity contribution >= 4 is 5.91 Å². The highest BCUT2D eigenvalue weighted by Gasteiger charge is 2.20. The Bertz CT molecular complexity index is 288. The zero-order chi connectivity index (χ0) is 15.8. The average Bonchev–Trinajstić information content (AvgIpc) is 2.37. The monoisotopic (exact) mass is 297 g/mol. The van der Waals surface area contributed by atoms with Gasteiger partial charge in [0.2, 0.25) is 5.91 Å². The van der Waals surface area contributed by atoms with Gasteiger partial charge in [-0.3, -0.25) is 9.69 Å². The van der Waals surface area contributed by atoms with Gasteiger partial charge in [0.05, 0.1) is 6.54 Å². The summed E-state index contributed by atoms with van der Waals surface area (Å²) in [5.74, 6) is 2.03. The standard InChI is InChI=1S/C17H35N3O/c1-14(2)10-20(11-15(3)4)17(21)13-19(5)12-16-7-6-8-18-9-16/h14-16,18H,6-13H2,1-5H3. The smallest absolute Gasteiger partial charge is 0.236 e. The van der Waals surface area contributed by atoms with Crippen molar-refractivity contribution in [2.24, 2.45) is 17.8 Å². The molecule has 0 radical (unpaired) electrons. The van der Waals surface area contributed by atoms with Crippen molar-refractivity contribution in [3.8, 4) is 0 Å². The van der Waals surface area contributed by atoms with Crippen molar-refractivity contribution in [1.82, 2.24) is 15.1 Å². The number of nitrogens with one attached hydrogen (secondary N) is 1. The van der Waals surface area contributed by atoms with Crippen molar-refractivity contribution in [2.45, 2.75) is 40.5 Å². The molecule has 0 spiro atoms. The summed E-state index contributed by atoms with van der Waals surface area (Å²) in [6.07, 6.45) is 2.55. The molecule has 1 fully saturated rings. The highest BCUT2D eigenvalue weighted by atomic mass is 16.2. The van der Waals surface area contributed by atoms with Crippen LogP contribution in [0.1, 0.15) is 40.5 Å². The van der Waals surface area contributed by atoms with E-state index in [1.165, 1.54) is 12.8 Å². The number of carbonyl (C=O) groups is 1. The summed E-state index contributed by atoms with van der Waals surface area (Å²) in [4.78, 5) is 16.8. The van der Waals surface area contributed by atoms with Gasteiger partial charge < -0.3 is 10.2 Å². The van der Waals surface area contributed by atoms with Crippen molar-refractivity contribution in [2.75, 3.05) is 46.3 Å². The zero-order valence-electron chi connectivity index (χ0n) is 14.7. The predicted octanol–water partition coefficient (Wildman–Crippen LogP) is 2.06. The first-order valence-electron chi connectivity index (χ1n) is 8.55. The molecule has 1 N–H and O–H groups in total. The molecule has 1 amide bonds. The first-order chi connectivity index (χ1) is 9.88. The molecule has 1 saturated heterocycles. The van der Waals surface area contributed by atoms with E-state index < -0.39 is 0 Å². The molecule has 4 nitrogen and oxygen atoms in total. The van der Waals surface area contributed by atoms with Gasteiger partial charge in [-0.25, -0.2) is 0 Å². The molecule has 1 unspecified atom stereocenters. The van der Waals surface area contributed by atoms with E-state index in [2.05, 4.69) is 45.0 Å². The summed E-state index contributed by atoms with van der Waals surface area (Å²) in [7, 11) is 2.08. The van der Waals surface area contributed by atoms with E-state index in [1.54, 1.807) is 0 Å². The van der Waals surface area contributed by atoms with E-state index in [4.69, 9.17) is 0 Å². The predicted molar refractivity (Wildman–Crippen MR) is 89.3 cm³/mol. The highest BCUT2D eigenvalue weighted by Crippen LogP contribution is 2.11. The number of piperidine rings is 1. The van der Waals surface area contributed by atoms with Gasteiger partial charge in [0.15, 0.2) is 0 Å². The first kappa shape index (κ1) is 18.4. The maximum Gasteiger partial charge on any atom is 0.236 e. The van der Waals surface area contributed by atoms with Crippen molar-refractivity contribution < 1.29 is 4.79 Å². The molecule has 0 aromatic rings. The molecule has 124 valence electrons. The van der Waals surface area contributed by atoms with Crippen LogP contribution in [0, 0.1) is 17.8 Å².